The summed E-state index contributed by atoms with van der Waals surface area (Å²) in [5.41, 5.74) is -0.327. The molecule has 11 atom stereocenters. The Morgan fingerprint density at radius 2 is 1.73 bits per heavy atom. The van der Waals surface area contributed by atoms with Gasteiger partial charge in [0.05, 0.1) is 29.8 Å². The molecule has 4 aliphatic carbocycles. The first-order chi connectivity index (χ1) is 18.7. The first-order valence-corrected chi connectivity index (χ1v) is 17.6. The highest BCUT2D eigenvalue weighted by Crippen LogP contribution is 2.70. The SMILES string of the molecule is C[C@@H](CCC(=O)OCCN1CCS(=O)(=O)CC1)[C@@H]1C[C@@H]2[C@@H]3C(C[C@@H](O)[C@@]2(C)C1)[C@]1(C)CC[C@H](O)C[C@]1(C)C[C@@H]3O. The van der Waals surface area contributed by atoms with Gasteiger partial charge in [-0.05, 0) is 97.2 Å². The number of hydrogen-bond donors (Lipinski definition) is 3. The Labute approximate surface area is 241 Å². The van der Waals surface area contributed by atoms with Gasteiger partial charge in [0.2, 0.25) is 0 Å². The third-order valence-electron chi connectivity index (χ3n) is 13.0. The molecule has 40 heavy (non-hydrogen) atoms. The summed E-state index contributed by atoms with van der Waals surface area (Å²) >= 11 is 0. The minimum Gasteiger partial charge on any atom is -0.464 e. The minimum absolute atomic E-state index is 0.00828. The van der Waals surface area contributed by atoms with Gasteiger partial charge in [0, 0.05) is 26.1 Å². The fourth-order valence-electron chi connectivity index (χ4n) is 10.1. The van der Waals surface area contributed by atoms with Gasteiger partial charge in [-0.3, -0.25) is 9.69 Å². The summed E-state index contributed by atoms with van der Waals surface area (Å²) in [6.45, 7) is 10.9. The van der Waals surface area contributed by atoms with E-state index in [4.69, 9.17) is 4.74 Å². The van der Waals surface area contributed by atoms with Gasteiger partial charge in [0.15, 0.2) is 9.84 Å². The van der Waals surface area contributed by atoms with Crippen molar-refractivity contribution in [1.29, 1.82) is 0 Å². The van der Waals surface area contributed by atoms with E-state index in [0.29, 0.717) is 44.5 Å². The maximum Gasteiger partial charge on any atom is 0.305 e. The molecule has 5 aliphatic rings. The smallest absolute Gasteiger partial charge is 0.305 e. The van der Waals surface area contributed by atoms with Crippen LogP contribution in [0.25, 0.3) is 0 Å². The Hall–Kier alpha value is -0.740. The number of nitrogens with zero attached hydrogens (tertiary/aromatic N) is 1. The Bertz CT molecular complexity index is 1040. The van der Waals surface area contributed by atoms with Crippen molar-refractivity contribution < 1.29 is 33.3 Å². The molecule has 9 heteroatoms. The standard InChI is InChI=1S/C31H53NO7S/c1-20(5-6-27(36)39-12-9-32-10-13-40(37,38)14-11-32)21-15-23-28-24(16-26(35)30(23,3)17-21)31(4)8-7-22(33)18-29(31,2)19-25(28)34/h20-26,28,33-35H,5-19H2,1-4H3/t20-,21+,22-,23+,24?,25-,26+,28+,29+,30-,31-/m0/s1. The lowest BCUT2D eigenvalue weighted by Crippen LogP contribution is -2.64. The van der Waals surface area contributed by atoms with Crippen molar-refractivity contribution in [2.45, 2.75) is 104 Å². The molecule has 1 aliphatic heterocycles. The summed E-state index contributed by atoms with van der Waals surface area (Å²) in [5.74, 6) is 1.56. The number of carbonyl (C=O) groups excluding carboxylic acids is 1. The summed E-state index contributed by atoms with van der Waals surface area (Å²) in [5, 5.41) is 33.7. The van der Waals surface area contributed by atoms with Crippen molar-refractivity contribution in [2.24, 2.45) is 45.8 Å². The van der Waals surface area contributed by atoms with Crippen molar-refractivity contribution in [1.82, 2.24) is 4.90 Å². The summed E-state index contributed by atoms with van der Waals surface area (Å²) in [6.07, 6.45) is 5.86. The molecule has 1 saturated heterocycles. The Balaban J connectivity index is 1.16. The zero-order valence-electron chi connectivity index (χ0n) is 25.1. The van der Waals surface area contributed by atoms with E-state index in [1.807, 2.05) is 4.90 Å². The predicted octanol–water partition coefficient (Wildman–Crippen LogP) is 3.03. The molecule has 3 N–H and O–H groups in total. The predicted molar refractivity (Wildman–Crippen MR) is 153 cm³/mol. The van der Waals surface area contributed by atoms with E-state index in [2.05, 4.69) is 27.7 Å². The minimum atomic E-state index is -2.91. The van der Waals surface area contributed by atoms with Crippen LogP contribution in [0, 0.1) is 45.8 Å². The van der Waals surface area contributed by atoms with E-state index in [-0.39, 0.29) is 57.6 Å². The quantitative estimate of drug-likeness (QED) is 0.391. The Morgan fingerprint density at radius 3 is 2.42 bits per heavy atom. The lowest BCUT2D eigenvalue weighted by atomic mass is 9.39. The molecule has 8 nitrogen and oxygen atoms in total. The van der Waals surface area contributed by atoms with Gasteiger partial charge in [-0.25, -0.2) is 8.42 Å². The van der Waals surface area contributed by atoms with E-state index in [9.17, 15) is 28.5 Å². The van der Waals surface area contributed by atoms with Crippen molar-refractivity contribution in [3.8, 4) is 0 Å². The second-order valence-corrected chi connectivity index (χ2v) is 17.4. The molecule has 0 aromatic carbocycles. The number of fused-ring (bicyclic) bond motifs is 5. The molecule has 0 radical (unpaired) electrons. The third kappa shape index (κ3) is 5.51. The van der Waals surface area contributed by atoms with Gasteiger partial charge < -0.3 is 20.1 Å². The average molecular weight is 584 g/mol. The lowest BCUT2D eigenvalue weighted by molar-refractivity contribution is -0.226. The van der Waals surface area contributed by atoms with Gasteiger partial charge in [0.1, 0.15) is 6.61 Å². The number of sulfone groups is 1. The maximum absolute atomic E-state index is 12.5. The zero-order chi connectivity index (χ0) is 29.1. The number of ether oxygens (including phenoxy) is 1. The van der Waals surface area contributed by atoms with Crippen LogP contribution < -0.4 is 0 Å². The molecular weight excluding hydrogens is 530 g/mol. The van der Waals surface area contributed by atoms with E-state index in [1.54, 1.807) is 0 Å². The molecule has 1 unspecified atom stereocenters. The van der Waals surface area contributed by atoms with Crippen LogP contribution in [0.5, 0.6) is 0 Å². The fraction of sp³-hybridized carbons (Fsp3) is 0.968. The van der Waals surface area contributed by atoms with Crippen molar-refractivity contribution in [3.63, 3.8) is 0 Å². The van der Waals surface area contributed by atoms with Gasteiger partial charge in [-0.2, -0.15) is 0 Å². The molecule has 0 bridgehead atoms. The summed E-state index contributed by atoms with van der Waals surface area (Å²) < 4.78 is 28.7. The molecule has 230 valence electrons. The molecule has 0 amide bonds. The molecule has 0 aromatic heterocycles. The van der Waals surface area contributed by atoms with Crippen LogP contribution in [0.4, 0.5) is 0 Å². The monoisotopic (exact) mass is 583 g/mol. The highest BCUT2D eigenvalue weighted by atomic mass is 32.2. The van der Waals surface area contributed by atoms with Crippen LogP contribution in [-0.4, -0.2) is 90.7 Å². The Kier molecular flexibility index (Phi) is 8.50. The number of esters is 1. The highest BCUT2D eigenvalue weighted by Gasteiger charge is 2.67. The summed E-state index contributed by atoms with van der Waals surface area (Å²) in [4.78, 5) is 14.5. The second kappa shape index (κ2) is 11.1. The second-order valence-electron chi connectivity index (χ2n) is 15.1. The Morgan fingerprint density at radius 1 is 1.02 bits per heavy atom. The van der Waals surface area contributed by atoms with E-state index < -0.39 is 22.0 Å². The van der Waals surface area contributed by atoms with Crippen LogP contribution in [0.3, 0.4) is 0 Å². The van der Waals surface area contributed by atoms with Crippen molar-refractivity contribution in [2.75, 3.05) is 37.7 Å². The summed E-state index contributed by atoms with van der Waals surface area (Å²) in [7, 11) is -2.91. The van der Waals surface area contributed by atoms with Crippen molar-refractivity contribution in [3.05, 3.63) is 0 Å². The number of carbonyl (C=O) groups is 1. The molecule has 5 rings (SSSR count). The maximum atomic E-state index is 12.5. The first-order valence-electron chi connectivity index (χ1n) is 15.8. The molecular formula is C31H53NO7S. The fourth-order valence-corrected chi connectivity index (χ4v) is 11.3. The van der Waals surface area contributed by atoms with E-state index in [0.717, 1.165) is 51.4 Å². The molecule has 4 saturated carbocycles. The number of aliphatic hydroxyl groups excluding tert-OH is 3. The van der Waals surface area contributed by atoms with Gasteiger partial charge in [0.25, 0.3) is 0 Å². The van der Waals surface area contributed by atoms with E-state index >= 15 is 0 Å². The molecule has 0 spiro atoms. The van der Waals surface area contributed by atoms with Crippen LogP contribution in [0.2, 0.25) is 0 Å². The largest absolute Gasteiger partial charge is 0.464 e. The zero-order valence-corrected chi connectivity index (χ0v) is 25.9. The molecule has 1 heterocycles. The number of rotatable bonds is 7. The third-order valence-corrected chi connectivity index (χ3v) is 14.6. The number of hydrogen-bond acceptors (Lipinski definition) is 8. The van der Waals surface area contributed by atoms with Gasteiger partial charge >= 0.3 is 5.97 Å². The van der Waals surface area contributed by atoms with E-state index in [1.165, 1.54) is 0 Å². The van der Waals surface area contributed by atoms with Crippen LogP contribution in [0.1, 0.15) is 85.5 Å². The normalized spacial score (nSPS) is 47.5. The first kappa shape index (κ1) is 30.7. The van der Waals surface area contributed by atoms with Crippen LogP contribution >= 0.6 is 0 Å². The van der Waals surface area contributed by atoms with Crippen LogP contribution in [-0.2, 0) is 19.4 Å². The van der Waals surface area contributed by atoms with Gasteiger partial charge in [-0.15, -0.1) is 0 Å². The molecule has 0 aromatic rings. The summed E-state index contributed by atoms with van der Waals surface area (Å²) in [6, 6.07) is 0. The van der Waals surface area contributed by atoms with Gasteiger partial charge in [-0.1, -0.05) is 27.7 Å². The molecule has 5 fully saturated rings. The topological polar surface area (TPSA) is 124 Å². The highest BCUT2D eigenvalue weighted by molar-refractivity contribution is 7.91. The lowest BCUT2D eigenvalue weighted by Gasteiger charge is -2.66. The average Bonchev–Trinajstić information content (AvgIpc) is 3.24. The number of aliphatic hydroxyl groups is 3. The van der Waals surface area contributed by atoms with Crippen LogP contribution in [0.15, 0.2) is 0 Å². The van der Waals surface area contributed by atoms with Crippen molar-refractivity contribution >= 4 is 15.8 Å².